The van der Waals surface area contributed by atoms with Gasteiger partial charge in [0.15, 0.2) is 0 Å². The maximum Gasteiger partial charge on any atom is 0.101 e. The Labute approximate surface area is 192 Å². The van der Waals surface area contributed by atoms with Gasteiger partial charge in [-0.3, -0.25) is 0 Å². The first-order chi connectivity index (χ1) is 13.5. The summed E-state index contributed by atoms with van der Waals surface area (Å²) >= 11 is 4.14. The molecule has 1 aliphatic rings. The van der Waals surface area contributed by atoms with Crippen LogP contribution in [0.4, 0.5) is 17.1 Å². The van der Waals surface area contributed by atoms with Crippen LogP contribution in [0.3, 0.4) is 0 Å². The Morgan fingerprint density at radius 1 is 0.759 bits per heavy atom. The zero-order valence-electron chi connectivity index (χ0n) is 17.9. The Kier molecular flexibility index (Phi) is 5.23. The third kappa shape index (κ3) is 4.06. The predicted molar refractivity (Wildman–Crippen MR) is 133 cm³/mol. The van der Waals surface area contributed by atoms with Crippen molar-refractivity contribution < 1.29 is 0 Å². The monoisotopic (exact) mass is 514 g/mol. The van der Waals surface area contributed by atoms with Gasteiger partial charge in [-0.25, -0.2) is 4.98 Å². The molecule has 0 unspecified atom stereocenters. The number of nitrogens with zero attached hydrogens (tertiary/aromatic N) is 2. The lowest BCUT2D eigenvalue weighted by Crippen LogP contribution is -2.18. The van der Waals surface area contributed by atoms with Crippen molar-refractivity contribution in [1.82, 2.24) is 4.98 Å². The Morgan fingerprint density at radius 3 is 1.69 bits per heavy atom. The molecule has 2 aromatic carbocycles. The molecule has 0 saturated heterocycles. The van der Waals surface area contributed by atoms with E-state index in [-0.39, 0.29) is 10.8 Å². The molecule has 0 N–H and O–H groups in total. The summed E-state index contributed by atoms with van der Waals surface area (Å²) in [5.74, 6) is 0. The summed E-state index contributed by atoms with van der Waals surface area (Å²) in [5, 5.41) is 0. The van der Waals surface area contributed by atoms with Crippen molar-refractivity contribution in [3.63, 3.8) is 0 Å². The zero-order chi connectivity index (χ0) is 21.0. The summed E-state index contributed by atoms with van der Waals surface area (Å²) in [5.41, 5.74) is 6.51. The number of rotatable bonds is 1. The lowest BCUT2D eigenvalue weighted by molar-refractivity contribution is 0.588. The number of fused-ring (bicyclic) bond motifs is 2. The molecule has 2 nitrogen and oxygen atoms in total. The van der Waals surface area contributed by atoms with Gasteiger partial charge in [0, 0.05) is 9.79 Å². The molecule has 150 valence electrons. The van der Waals surface area contributed by atoms with E-state index in [1.807, 2.05) is 18.0 Å². The van der Waals surface area contributed by atoms with Crippen LogP contribution in [0.2, 0.25) is 0 Å². The third-order valence-electron chi connectivity index (χ3n) is 5.32. The molecular formula is C25H27IN2S. The van der Waals surface area contributed by atoms with E-state index in [9.17, 15) is 0 Å². The van der Waals surface area contributed by atoms with E-state index in [1.165, 1.54) is 32.3 Å². The van der Waals surface area contributed by atoms with E-state index < -0.39 is 0 Å². The topological polar surface area (TPSA) is 16.1 Å². The molecular weight excluding hydrogens is 487 g/mol. The molecule has 2 heterocycles. The fourth-order valence-electron chi connectivity index (χ4n) is 3.52. The van der Waals surface area contributed by atoms with Gasteiger partial charge in [-0.15, -0.1) is 0 Å². The van der Waals surface area contributed by atoms with Crippen molar-refractivity contribution in [3.8, 4) is 0 Å². The van der Waals surface area contributed by atoms with Gasteiger partial charge < -0.3 is 4.90 Å². The molecule has 4 rings (SSSR count). The van der Waals surface area contributed by atoms with Crippen LogP contribution in [0.25, 0.3) is 0 Å². The number of anilines is 3. The van der Waals surface area contributed by atoms with E-state index in [0.717, 1.165) is 9.39 Å². The minimum absolute atomic E-state index is 0.123. The lowest BCUT2D eigenvalue weighted by atomic mass is 9.86. The Balaban J connectivity index is 1.92. The second-order valence-electron chi connectivity index (χ2n) is 9.64. The average molecular weight is 514 g/mol. The molecule has 0 saturated carbocycles. The van der Waals surface area contributed by atoms with Crippen LogP contribution in [-0.2, 0) is 10.8 Å². The molecule has 4 heteroatoms. The smallest absolute Gasteiger partial charge is 0.101 e. The standard InChI is InChI=1S/C25H27IN2S/c1-24(2,3)16-7-10-19-21(13-16)29-22-14-17(25(4,5)6)8-11-20(22)28(19)18-9-12-23(26)27-15-18/h7-15H,1-6H3. The van der Waals surface area contributed by atoms with E-state index in [2.05, 4.69) is 123 Å². The molecule has 1 aliphatic heterocycles. The molecule has 1 aromatic heterocycles. The summed E-state index contributed by atoms with van der Waals surface area (Å²) in [7, 11) is 0. The molecule has 0 amide bonds. The quantitative estimate of drug-likeness (QED) is 0.188. The molecule has 29 heavy (non-hydrogen) atoms. The number of benzene rings is 2. The first-order valence-electron chi connectivity index (χ1n) is 9.93. The van der Waals surface area contributed by atoms with Crippen molar-refractivity contribution in [3.05, 3.63) is 69.6 Å². The van der Waals surface area contributed by atoms with Gasteiger partial charge in [0.05, 0.1) is 23.3 Å². The predicted octanol–water partition coefficient (Wildman–Crippen LogP) is 8.22. The maximum atomic E-state index is 4.55. The highest BCUT2D eigenvalue weighted by Crippen LogP contribution is 2.52. The minimum atomic E-state index is 0.123. The normalized spacial score (nSPS) is 13.8. The fraction of sp³-hybridized carbons (Fsp3) is 0.320. The van der Waals surface area contributed by atoms with Crippen molar-refractivity contribution in [2.24, 2.45) is 0 Å². The number of halogens is 1. The third-order valence-corrected chi connectivity index (χ3v) is 7.06. The van der Waals surface area contributed by atoms with Crippen LogP contribution in [-0.4, -0.2) is 4.98 Å². The summed E-state index contributed by atoms with van der Waals surface area (Å²) in [4.78, 5) is 9.50. The highest BCUT2D eigenvalue weighted by atomic mass is 127. The summed E-state index contributed by atoms with van der Waals surface area (Å²) in [6.07, 6.45) is 1.97. The number of aromatic nitrogens is 1. The van der Waals surface area contributed by atoms with E-state index in [0.29, 0.717) is 0 Å². The molecule has 0 spiro atoms. The van der Waals surface area contributed by atoms with Crippen LogP contribution in [0.5, 0.6) is 0 Å². The van der Waals surface area contributed by atoms with Crippen molar-refractivity contribution in [1.29, 1.82) is 0 Å². The van der Waals surface area contributed by atoms with E-state index in [4.69, 9.17) is 0 Å². The fourth-order valence-corrected chi connectivity index (χ4v) is 4.98. The van der Waals surface area contributed by atoms with Gasteiger partial charge in [0.2, 0.25) is 0 Å². The van der Waals surface area contributed by atoms with Crippen LogP contribution < -0.4 is 4.90 Å². The maximum absolute atomic E-state index is 4.55. The highest BCUT2D eigenvalue weighted by molar-refractivity contribution is 14.1. The Bertz CT molecular complexity index is 996. The highest BCUT2D eigenvalue weighted by Gasteiger charge is 2.28. The SMILES string of the molecule is CC(C)(C)c1ccc2c(c1)Sc1cc(C(C)(C)C)ccc1N2c1ccc(I)nc1. The van der Waals surface area contributed by atoms with Gasteiger partial charge in [-0.05, 0) is 80.9 Å². The zero-order valence-corrected chi connectivity index (χ0v) is 20.9. The molecule has 0 aliphatic carbocycles. The molecule has 0 bridgehead atoms. The Hall–Kier alpha value is -1.53. The van der Waals surface area contributed by atoms with Crippen LogP contribution in [0.1, 0.15) is 52.7 Å². The Morgan fingerprint density at radius 2 is 1.28 bits per heavy atom. The van der Waals surface area contributed by atoms with Gasteiger partial charge in [0.1, 0.15) is 3.70 Å². The molecule has 3 aromatic rings. The average Bonchev–Trinajstić information content (AvgIpc) is 2.64. The van der Waals surface area contributed by atoms with Crippen molar-refractivity contribution in [2.45, 2.75) is 62.2 Å². The summed E-state index contributed by atoms with van der Waals surface area (Å²) < 4.78 is 1.00. The van der Waals surface area contributed by atoms with Gasteiger partial charge in [-0.2, -0.15) is 0 Å². The number of hydrogen-bond donors (Lipinski definition) is 0. The van der Waals surface area contributed by atoms with Gasteiger partial charge >= 0.3 is 0 Å². The van der Waals surface area contributed by atoms with Gasteiger partial charge in [0.25, 0.3) is 0 Å². The lowest BCUT2D eigenvalue weighted by Gasteiger charge is -2.35. The first kappa shape index (κ1) is 20.7. The first-order valence-corrected chi connectivity index (χ1v) is 11.8. The van der Waals surface area contributed by atoms with Gasteiger partial charge in [-0.1, -0.05) is 65.4 Å². The van der Waals surface area contributed by atoms with Crippen LogP contribution >= 0.6 is 34.4 Å². The van der Waals surface area contributed by atoms with Crippen molar-refractivity contribution >= 4 is 51.4 Å². The minimum Gasteiger partial charge on any atom is -0.307 e. The van der Waals surface area contributed by atoms with E-state index in [1.54, 1.807) is 0 Å². The number of hydrogen-bond acceptors (Lipinski definition) is 3. The molecule has 0 fully saturated rings. The molecule has 0 radical (unpaired) electrons. The summed E-state index contributed by atoms with van der Waals surface area (Å²) in [6.45, 7) is 13.6. The van der Waals surface area contributed by atoms with Crippen LogP contribution in [0, 0.1) is 3.70 Å². The summed E-state index contributed by atoms with van der Waals surface area (Å²) in [6, 6.07) is 18.0. The second-order valence-corrected chi connectivity index (χ2v) is 11.8. The second kappa shape index (κ2) is 7.31. The van der Waals surface area contributed by atoms with Crippen molar-refractivity contribution in [2.75, 3.05) is 4.90 Å². The number of pyridine rings is 1. The van der Waals surface area contributed by atoms with Crippen LogP contribution in [0.15, 0.2) is 64.5 Å². The molecule has 0 atom stereocenters. The van der Waals surface area contributed by atoms with E-state index >= 15 is 0 Å². The largest absolute Gasteiger partial charge is 0.307 e.